The topological polar surface area (TPSA) is 52.9 Å². The Kier molecular flexibility index (Phi) is 2.30. The fourth-order valence-corrected chi connectivity index (χ4v) is 4.79. The average Bonchev–Trinajstić information content (AvgIpc) is 2.83. The van der Waals surface area contributed by atoms with Crippen LogP contribution in [-0.2, 0) is 11.8 Å². The van der Waals surface area contributed by atoms with Crippen molar-refractivity contribution >= 4 is 0 Å². The third-order valence-corrected chi connectivity index (χ3v) is 5.92. The van der Waals surface area contributed by atoms with Gasteiger partial charge in [-0.15, -0.1) is 0 Å². The number of aliphatic hydroxyl groups is 1. The lowest BCUT2D eigenvalue weighted by molar-refractivity contribution is -0.144. The van der Waals surface area contributed by atoms with Crippen LogP contribution in [0.15, 0.2) is 12.1 Å². The van der Waals surface area contributed by atoms with Crippen molar-refractivity contribution in [2.24, 2.45) is 0 Å². The van der Waals surface area contributed by atoms with E-state index in [1.54, 1.807) is 6.07 Å². The third kappa shape index (κ3) is 1.16. The number of piperidine rings is 1. The van der Waals surface area contributed by atoms with E-state index in [4.69, 9.17) is 4.74 Å². The number of ether oxygens (including phenoxy) is 1. The second-order valence-electron chi connectivity index (χ2n) is 6.55. The molecule has 2 aliphatic heterocycles. The van der Waals surface area contributed by atoms with Crippen LogP contribution in [0.25, 0.3) is 0 Å². The maximum absolute atomic E-state index is 11.4. The summed E-state index contributed by atoms with van der Waals surface area (Å²) in [7, 11) is 2.10. The summed E-state index contributed by atoms with van der Waals surface area (Å²) >= 11 is 0. The Balaban J connectivity index is 2.02. The second-order valence-corrected chi connectivity index (χ2v) is 6.55. The van der Waals surface area contributed by atoms with E-state index in [2.05, 4.69) is 18.9 Å². The van der Waals surface area contributed by atoms with Crippen molar-refractivity contribution in [1.82, 2.24) is 4.90 Å². The number of nitrogens with zero attached hydrogens (tertiary/aromatic N) is 1. The lowest BCUT2D eigenvalue weighted by Crippen LogP contribution is -2.71. The molecular formula is C16H21NO3. The van der Waals surface area contributed by atoms with Gasteiger partial charge in [0.15, 0.2) is 11.5 Å². The number of phenolic OH excluding ortho intramolecular Hbond substituents is 1. The van der Waals surface area contributed by atoms with Gasteiger partial charge in [0.1, 0.15) is 6.61 Å². The maximum atomic E-state index is 11.4. The molecule has 0 radical (unpaired) electrons. The Morgan fingerprint density at radius 2 is 2.25 bits per heavy atom. The molecule has 1 aromatic rings. The number of phenols is 1. The summed E-state index contributed by atoms with van der Waals surface area (Å²) in [6.45, 7) is 3.51. The predicted octanol–water partition coefficient (Wildman–Crippen LogP) is 1.42. The van der Waals surface area contributed by atoms with E-state index in [1.807, 2.05) is 6.07 Å². The van der Waals surface area contributed by atoms with Crippen LogP contribution in [0.1, 0.15) is 30.9 Å². The number of rotatable bonds is 1. The first kappa shape index (κ1) is 12.5. The van der Waals surface area contributed by atoms with Gasteiger partial charge in [-0.2, -0.15) is 0 Å². The van der Waals surface area contributed by atoms with Crippen LogP contribution in [0.4, 0.5) is 0 Å². The minimum Gasteiger partial charge on any atom is -0.504 e. The van der Waals surface area contributed by atoms with E-state index >= 15 is 0 Å². The highest BCUT2D eigenvalue weighted by molar-refractivity contribution is 5.60. The number of likely N-dealkylation sites (tertiary alicyclic amines) is 1. The van der Waals surface area contributed by atoms with Crippen LogP contribution in [-0.4, -0.2) is 47.0 Å². The van der Waals surface area contributed by atoms with Gasteiger partial charge in [-0.05, 0) is 44.5 Å². The van der Waals surface area contributed by atoms with Gasteiger partial charge in [0.05, 0.1) is 11.0 Å². The highest BCUT2D eigenvalue weighted by Gasteiger charge is 2.65. The van der Waals surface area contributed by atoms with E-state index in [0.717, 1.165) is 24.9 Å². The monoisotopic (exact) mass is 275 g/mol. The summed E-state index contributed by atoms with van der Waals surface area (Å²) < 4.78 is 5.83. The standard InChI is InChI=1S/C16H21NO3/c1-3-16(19)12-8-10-4-5-11(18)14-13(10)15(16,9-20-14)6-7-17(12)2/h4-5,12,18-19H,3,6-9H2,1-2H3/t12?,15-,16?/m1/s1. The lowest BCUT2D eigenvalue weighted by Gasteiger charge is -2.58. The molecule has 4 heteroatoms. The summed E-state index contributed by atoms with van der Waals surface area (Å²) in [4.78, 5) is 2.28. The van der Waals surface area contributed by atoms with Crippen molar-refractivity contribution in [3.05, 3.63) is 23.3 Å². The molecule has 1 spiro atoms. The van der Waals surface area contributed by atoms with Crippen molar-refractivity contribution in [3.8, 4) is 11.5 Å². The van der Waals surface area contributed by atoms with Crippen LogP contribution < -0.4 is 4.74 Å². The number of hydrogen-bond donors (Lipinski definition) is 2. The summed E-state index contributed by atoms with van der Waals surface area (Å²) in [5, 5.41) is 21.5. The van der Waals surface area contributed by atoms with Gasteiger partial charge >= 0.3 is 0 Å². The van der Waals surface area contributed by atoms with Crippen molar-refractivity contribution in [3.63, 3.8) is 0 Å². The molecule has 2 heterocycles. The Morgan fingerprint density at radius 1 is 1.45 bits per heavy atom. The fourth-order valence-electron chi connectivity index (χ4n) is 4.79. The Labute approximate surface area is 119 Å². The molecule has 3 atom stereocenters. The average molecular weight is 275 g/mol. The minimum absolute atomic E-state index is 0.132. The number of aromatic hydroxyl groups is 1. The molecule has 4 nitrogen and oxygen atoms in total. The van der Waals surface area contributed by atoms with Crippen LogP contribution in [0, 0.1) is 0 Å². The number of benzene rings is 1. The SMILES string of the molecule is CCC1(O)C2Cc3ccc(O)c4c3[C@@]1(CCN2C)CO4. The van der Waals surface area contributed by atoms with Gasteiger partial charge in [0.2, 0.25) is 0 Å². The zero-order chi connectivity index (χ0) is 14.1. The van der Waals surface area contributed by atoms with Gasteiger partial charge in [-0.3, -0.25) is 0 Å². The van der Waals surface area contributed by atoms with Crippen molar-refractivity contribution in [2.75, 3.05) is 20.2 Å². The zero-order valence-corrected chi connectivity index (χ0v) is 12.0. The molecule has 1 fully saturated rings. The maximum Gasteiger partial charge on any atom is 0.165 e. The summed E-state index contributed by atoms with van der Waals surface area (Å²) in [5.41, 5.74) is 1.18. The Morgan fingerprint density at radius 3 is 3.00 bits per heavy atom. The molecule has 20 heavy (non-hydrogen) atoms. The van der Waals surface area contributed by atoms with E-state index < -0.39 is 5.60 Å². The summed E-state index contributed by atoms with van der Waals surface area (Å²) in [6.07, 6.45) is 2.42. The smallest absolute Gasteiger partial charge is 0.165 e. The first-order chi connectivity index (χ1) is 9.53. The van der Waals surface area contributed by atoms with Crippen LogP contribution in [0.3, 0.4) is 0 Å². The second kappa shape index (κ2) is 3.68. The zero-order valence-electron chi connectivity index (χ0n) is 12.0. The molecule has 1 saturated heterocycles. The number of fused-ring (bicyclic) bond motifs is 1. The molecule has 3 aliphatic rings. The third-order valence-electron chi connectivity index (χ3n) is 5.92. The van der Waals surface area contributed by atoms with Crippen LogP contribution in [0.2, 0.25) is 0 Å². The van der Waals surface area contributed by atoms with Gasteiger partial charge in [0, 0.05) is 11.6 Å². The van der Waals surface area contributed by atoms with E-state index in [9.17, 15) is 10.2 Å². The molecule has 0 amide bonds. The van der Waals surface area contributed by atoms with E-state index in [0.29, 0.717) is 18.8 Å². The van der Waals surface area contributed by atoms with Crippen molar-refractivity contribution in [1.29, 1.82) is 0 Å². The van der Waals surface area contributed by atoms with Crippen molar-refractivity contribution < 1.29 is 14.9 Å². The van der Waals surface area contributed by atoms with Crippen molar-refractivity contribution in [2.45, 2.75) is 43.2 Å². The predicted molar refractivity (Wildman–Crippen MR) is 75.3 cm³/mol. The normalized spacial score (nSPS) is 38.5. The molecule has 2 unspecified atom stereocenters. The highest BCUT2D eigenvalue weighted by atomic mass is 16.5. The molecule has 0 saturated carbocycles. The van der Waals surface area contributed by atoms with E-state index in [-0.39, 0.29) is 17.2 Å². The molecule has 0 aromatic heterocycles. The lowest BCUT2D eigenvalue weighted by atomic mass is 9.54. The summed E-state index contributed by atoms with van der Waals surface area (Å²) in [5.74, 6) is 0.814. The first-order valence-electron chi connectivity index (χ1n) is 7.44. The Bertz CT molecular complexity index is 587. The molecule has 4 rings (SSSR count). The quantitative estimate of drug-likeness (QED) is 0.814. The molecule has 2 N–H and O–H groups in total. The minimum atomic E-state index is -0.772. The molecule has 2 bridgehead atoms. The van der Waals surface area contributed by atoms with Gasteiger partial charge in [0.25, 0.3) is 0 Å². The molecular weight excluding hydrogens is 254 g/mol. The largest absolute Gasteiger partial charge is 0.504 e. The summed E-state index contributed by atoms with van der Waals surface area (Å²) in [6, 6.07) is 3.85. The van der Waals surface area contributed by atoms with Gasteiger partial charge in [-0.1, -0.05) is 13.0 Å². The fraction of sp³-hybridized carbons (Fsp3) is 0.625. The Hall–Kier alpha value is -1.26. The van der Waals surface area contributed by atoms with Crippen LogP contribution in [0.5, 0.6) is 11.5 Å². The van der Waals surface area contributed by atoms with E-state index in [1.165, 1.54) is 5.56 Å². The number of likely N-dealkylation sites (N-methyl/N-ethyl adjacent to an activating group) is 1. The highest BCUT2D eigenvalue weighted by Crippen LogP contribution is 2.59. The molecule has 108 valence electrons. The number of hydrogen-bond acceptors (Lipinski definition) is 4. The van der Waals surface area contributed by atoms with Gasteiger partial charge < -0.3 is 19.8 Å². The molecule has 1 aromatic carbocycles. The van der Waals surface area contributed by atoms with Crippen LogP contribution >= 0.6 is 0 Å². The first-order valence-corrected chi connectivity index (χ1v) is 7.44. The molecule has 1 aliphatic carbocycles. The van der Waals surface area contributed by atoms with Gasteiger partial charge in [-0.25, -0.2) is 0 Å².